The van der Waals surface area contributed by atoms with E-state index in [9.17, 15) is 0 Å². The summed E-state index contributed by atoms with van der Waals surface area (Å²) >= 11 is 1.86. The van der Waals surface area contributed by atoms with Crippen molar-refractivity contribution < 1.29 is 0 Å². The van der Waals surface area contributed by atoms with Crippen LogP contribution in [-0.2, 0) is 0 Å². The fraction of sp³-hybridized carbons (Fsp3) is 0.909. The van der Waals surface area contributed by atoms with E-state index in [0.717, 1.165) is 24.7 Å². The van der Waals surface area contributed by atoms with E-state index in [0.29, 0.717) is 12.0 Å². The van der Waals surface area contributed by atoms with Gasteiger partial charge in [-0.15, -0.1) is 0 Å². The van der Waals surface area contributed by atoms with Gasteiger partial charge in [0.1, 0.15) is 0 Å². The van der Waals surface area contributed by atoms with Gasteiger partial charge >= 0.3 is 0 Å². The van der Waals surface area contributed by atoms with Crippen molar-refractivity contribution >= 4 is 16.9 Å². The van der Waals surface area contributed by atoms with Gasteiger partial charge in [-0.1, -0.05) is 25.6 Å². The molecule has 15 heavy (non-hydrogen) atoms. The Kier molecular flexibility index (Phi) is 5.47. The Labute approximate surface area is 97.7 Å². The Morgan fingerprint density at radius 3 is 2.80 bits per heavy atom. The van der Waals surface area contributed by atoms with Gasteiger partial charge in [-0.3, -0.25) is 4.99 Å². The lowest BCUT2D eigenvalue weighted by Gasteiger charge is -2.13. The monoisotopic (exact) mass is 229 g/mol. The van der Waals surface area contributed by atoms with Crippen molar-refractivity contribution in [3.63, 3.8) is 0 Å². The van der Waals surface area contributed by atoms with E-state index in [1.54, 1.807) is 0 Å². The largest absolute Gasteiger partial charge is 0.361 e. The number of nitrogens with zero attached hydrogens (tertiary/aromatic N) is 2. The van der Waals surface area contributed by atoms with Crippen molar-refractivity contribution in [1.29, 1.82) is 0 Å². The molecule has 1 saturated heterocycles. The number of aliphatic imine (C=N–C) groups is 1. The topological polar surface area (TPSA) is 27.6 Å². The third-order valence-electron chi connectivity index (χ3n) is 2.53. The molecule has 0 saturated carbocycles. The number of amidine groups is 1. The predicted octanol–water partition coefficient (Wildman–Crippen LogP) is 1.66. The van der Waals surface area contributed by atoms with E-state index in [1.165, 1.54) is 5.75 Å². The maximum absolute atomic E-state index is 4.57. The molecule has 1 fully saturated rings. The van der Waals surface area contributed by atoms with Gasteiger partial charge in [-0.25, -0.2) is 0 Å². The van der Waals surface area contributed by atoms with E-state index in [1.807, 2.05) is 11.8 Å². The Hall–Kier alpha value is -0.220. The van der Waals surface area contributed by atoms with Gasteiger partial charge < -0.3 is 10.2 Å². The van der Waals surface area contributed by atoms with Gasteiger partial charge in [-0.05, 0) is 33.0 Å². The molecular weight excluding hydrogens is 206 g/mol. The molecule has 4 heteroatoms. The van der Waals surface area contributed by atoms with Crippen LogP contribution in [0.2, 0.25) is 0 Å². The molecule has 0 amide bonds. The summed E-state index contributed by atoms with van der Waals surface area (Å²) in [5, 5.41) is 4.62. The summed E-state index contributed by atoms with van der Waals surface area (Å²) in [6.07, 6.45) is 1.14. The van der Waals surface area contributed by atoms with Gasteiger partial charge in [0.2, 0.25) is 0 Å². The molecule has 1 heterocycles. The standard InChI is InChI=1S/C11H23N3S/c1-9(2)10-8-15-11(13-10)12-6-5-7-14(3)4/h9-10H,5-8H2,1-4H3,(H,12,13)/t10-/m1/s1. The molecule has 0 aromatic carbocycles. The third-order valence-corrected chi connectivity index (χ3v) is 3.58. The van der Waals surface area contributed by atoms with E-state index in [4.69, 9.17) is 0 Å². The first kappa shape index (κ1) is 12.8. The summed E-state index contributed by atoms with van der Waals surface area (Å²) in [6, 6.07) is 0.614. The van der Waals surface area contributed by atoms with Crippen LogP contribution in [0.1, 0.15) is 20.3 Å². The zero-order valence-electron chi connectivity index (χ0n) is 10.3. The van der Waals surface area contributed by atoms with Crippen LogP contribution in [0.25, 0.3) is 0 Å². The molecule has 1 atom stereocenters. The van der Waals surface area contributed by atoms with E-state index < -0.39 is 0 Å². The molecule has 0 aromatic rings. The average Bonchev–Trinajstić information content (AvgIpc) is 2.60. The molecule has 0 aromatic heterocycles. The summed E-state index contributed by atoms with van der Waals surface area (Å²) in [6.45, 7) is 6.58. The second-order valence-electron chi connectivity index (χ2n) is 4.65. The molecule has 0 aliphatic carbocycles. The predicted molar refractivity (Wildman–Crippen MR) is 69.7 cm³/mol. The smallest absolute Gasteiger partial charge is 0.156 e. The molecule has 1 rings (SSSR count). The molecule has 88 valence electrons. The lowest BCUT2D eigenvalue weighted by Crippen LogP contribution is -2.31. The minimum absolute atomic E-state index is 0.614. The summed E-state index contributed by atoms with van der Waals surface area (Å²) < 4.78 is 0. The fourth-order valence-electron chi connectivity index (χ4n) is 1.43. The number of hydrogen-bond donors (Lipinski definition) is 1. The van der Waals surface area contributed by atoms with Gasteiger partial charge in [0, 0.05) is 18.3 Å². The summed E-state index contributed by atoms with van der Waals surface area (Å²) in [5.74, 6) is 1.87. The minimum atomic E-state index is 0.614. The number of thioether (sulfide) groups is 1. The summed E-state index contributed by atoms with van der Waals surface area (Å²) in [7, 11) is 4.20. The van der Waals surface area contributed by atoms with Crippen LogP contribution < -0.4 is 5.32 Å². The zero-order chi connectivity index (χ0) is 11.3. The highest BCUT2D eigenvalue weighted by Gasteiger charge is 2.22. The molecule has 1 aliphatic rings. The van der Waals surface area contributed by atoms with E-state index >= 15 is 0 Å². The normalized spacial score (nSPS) is 24.1. The molecule has 0 radical (unpaired) electrons. The van der Waals surface area contributed by atoms with Gasteiger partial charge in [0.05, 0.1) is 0 Å². The lowest BCUT2D eigenvalue weighted by atomic mass is 10.1. The Morgan fingerprint density at radius 1 is 1.53 bits per heavy atom. The molecule has 1 aliphatic heterocycles. The third kappa shape index (κ3) is 4.89. The molecule has 0 bridgehead atoms. The summed E-state index contributed by atoms with van der Waals surface area (Å²) in [5.41, 5.74) is 0. The Bertz CT molecular complexity index is 214. The highest BCUT2D eigenvalue weighted by molar-refractivity contribution is 8.14. The highest BCUT2D eigenvalue weighted by Crippen LogP contribution is 2.18. The van der Waals surface area contributed by atoms with Crippen molar-refractivity contribution in [2.45, 2.75) is 26.3 Å². The minimum Gasteiger partial charge on any atom is -0.361 e. The van der Waals surface area contributed by atoms with Crippen LogP contribution >= 0.6 is 11.8 Å². The zero-order valence-corrected chi connectivity index (χ0v) is 11.1. The van der Waals surface area contributed by atoms with Crippen LogP contribution in [0.5, 0.6) is 0 Å². The van der Waals surface area contributed by atoms with Crippen molar-refractivity contribution in [1.82, 2.24) is 10.2 Å². The van der Waals surface area contributed by atoms with Crippen molar-refractivity contribution in [2.24, 2.45) is 10.9 Å². The van der Waals surface area contributed by atoms with Crippen molar-refractivity contribution in [2.75, 3.05) is 32.9 Å². The van der Waals surface area contributed by atoms with Crippen LogP contribution in [-0.4, -0.2) is 49.0 Å². The maximum Gasteiger partial charge on any atom is 0.156 e. The fourth-order valence-corrected chi connectivity index (χ4v) is 2.65. The van der Waals surface area contributed by atoms with Crippen molar-refractivity contribution in [3.8, 4) is 0 Å². The second-order valence-corrected chi connectivity index (χ2v) is 5.66. The van der Waals surface area contributed by atoms with Crippen LogP contribution in [0, 0.1) is 5.92 Å². The van der Waals surface area contributed by atoms with Crippen LogP contribution in [0.3, 0.4) is 0 Å². The Morgan fingerprint density at radius 2 is 2.27 bits per heavy atom. The SMILES string of the molecule is CC(C)[C@H]1CSC(=NCCCN(C)C)N1. The molecule has 3 nitrogen and oxygen atoms in total. The van der Waals surface area contributed by atoms with Gasteiger partial charge in [0.25, 0.3) is 0 Å². The molecule has 0 unspecified atom stereocenters. The van der Waals surface area contributed by atoms with Gasteiger partial charge in [0.15, 0.2) is 5.17 Å². The molecule has 0 spiro atoms. The summed E-state index contributed by atoms with van der Waals surface area (Å²) in [4.78, 5) is 6.77. The first-order valence-electron chi connectivity index (χ1n) is 5.68. The maximum atomic E-state index is 4.57. The first-order chi connectivity index (χ1) is 7.09. The van der Waals surface area contributed by atoms with Gasteiger partial charge in [-0.2, -0.15) is 0 Å². The number of nitrogens with one attached hydrogen (secondary N) is 1. The van der Waals surface area contributed by atoms with Crippen molar-refractivity contribution in [3.05, 3.63) is 0 Å². The molecular formula is C11H23N3S. The van der Waals surface area contributed by atoms with E-state index in [2.05, 4.69) is 43.2 Å². The second kappa shape index (κ2) is 6.38. The van der Waals surface area contributed by atoms with Crippen LogP contribution in [0.15, 0.2) is 4.99 Å². The lowest BCUT2D eigenvalue weighted by molar-refractivity contribution is 0.403. The quantitative estimate of drug-likeness (QED) is 0.727. The first-order valence-corrected chi connectivity index (χ1v) is 6.66. The highest BCUT2D eigenvalue weighted by atomic mass is 32.2. The average molecular weight is 229 g/mol. The van der Waals surface area contributed by atoms with E-state index in [-0.39, 0.29) is 0 Å². The number of rotatable bonds is 5. The number of hydrogen-bond acceptors (Lipinski definition) is 3. The Balaban J connectivity index is 2.19. The van der Waals surface area contributed by atoms with Crippen LogP contribution in [0.4, 0.5) is 0 Å². The molecule has 1 N–H and O–H groups in total.